The lowest BCUT2D eigenvalue weighted by Gasteiger charge is -2.16. The number of hydrogen-bond donors (Lipinski definition) is 1. The number of halogens is 2. The van der Waals surface area contributed by atoms with Gasteiger partial charge in [0, 0.05) is 23.8 Å². The third-order valence-electron chi connectivity index (χ3n) is 3.99. The molecule has 1 N–H and O–H groups in total. The van der Waals surface area contributed by atoms with Crippen molar-refractivity contribution in [3.63, 3.8) is 0 Å². The van der Waals surface area contributed by atoms with Gasteiger partial charge in [-0.25, -0.2) is 9.37 Å². The predicted molar refractivity (Wildman–Crippen MR) is 99.3 cm³/mol. The lowest BCUT2D eigenvalue weighted by atomic mass is 10.1. The Bertz CT molecular complexity index is 858. The fraction of sp³-hybridized carbons (Fsp3) is 0.263. The van der Waals surface area contributed by atoms with Crippen molar-refractivity contribution < 1.29 is 4.39 Å². The second kappa shape index (κ2) is 7.23. The van der Waals surface area contributed by atoms with Crippen molar-refractivity contribution in [3.05, 3.63) is 65.3 Å². The highest BCUT2D eigenvalue weighted by Gasteiger charge is 2.11. The van der Waals surface area contributed by atoms with Crippen LogP contribution >= 0.6 is 11.6 Å². The Morgan fingerprint density at radius 1 is 1.08 bits per heavy atom. The van der Waals surface area contributed by atoms with E-state index < -0.39 is 0 Å². The normalized spacial score (nSPS) is 12.4. The molecule has 0 fully saturated rings. The van der Waals surface area contributed by atoms with Gasteiger partial charge >= 0.3 is 0 Å². The molecule has 0 spiro atoms. The number of nitrogens with zero attached hydrogens (tertiary/aromatic N) is 3. The van der Waals surface area contributed by atoms with Crippen LogP contribution in [0.4, 0.5) is 10.2 Å². The van der Waals surface area contributed by atoms with Gasteiger partial charge in [0.1, 0.15) is 16.8 Å². The van der Waals surface area contributed by atoms with Crippen molar-refractivity contribution >= 4 is 17.4 Å². The Balaban J connectivity index is 1.84. The molecule has 130 valence electrons. The van der Waals surface area contributed by atoms with Crippen molar-refractivity contribution in [1.29, 1.82) is 0 Å². The third kappa shape index (κ3) is 4.17. The smallest absolute Gasteiger partial charge is 0.132 e. The molecule has 6 heteroatoms. The standard InChI is InChI=1S/C19H20ClFN4/c1-12(2)25-11-16(10-22-25)15-8-18(20)24-19(9-15)23-13(3)14-4-6-17(21)7-5-14/h4-13H,1-3H3,(H,23,24)/t13-/m0/s1. The van der Waals surface area contributed by atoms with Crippen LogP contribution in [0.3, 0.4) is 0 Å². The topological polar surface area (TPSA) is 42.7 Å². The molecule has 0 aliphatic rings. The molecule has 2 heterocycles. The fourth-order valence-electron chi connectivity index (χ4n) is 2.56. The van der Waals surface area contributed by atoms with Gasteiger partial charge in [-0.1, -0.05) is 23.7 Å². The monoisotopic (exact) mass is 358 g/mol. The molecular formula is C19H20ClFN4. The molecular weight excluding hydrogens is 339 g/mol. The summed E-state index contributed by atoms with van der Waals surface area (Å²) in [5.41, 5.74) is 2.90. The number of hydrogen-bond acceptors (Lipinski definition) is 3. The third-order valence-corrected chi connectivity index (χ3v) is 4.19. The minimum Gasteiger partial charge on any atom is -0.363 e. The maximum Gasteiger partial charge on any atom is 0.132 e. The average Bonchev–Trinajstić information content (AvgIpc) is 3.05. The summed E-state index contributed by atoms with van der Waals surface area (Å²) in [5, 5.41) is 8.08. The molecule has 0 aliphatic carbocycles. The van der Waals surface area contributed by atoms with Gasteiger partial charge in [0.25, 0.3) is 0 Å². The Hall–Kier alpha value is -2.40. The first-order valence-corrected chi connectivity index (χ1v) is 8.54. The van der Waals surface area contributed by atoms with Crippen LogP contribution in [0.5, 0.6) is 0 Å². The molecule has 0 saturated heterocycles. The summed E-state index contributed by atoms with van der Waals surface area (Å²) in [5.74, 6) is 0.415. The molecule has 0 amide bonds. The van der Waals surface area contributed by atoms with Gasteiger partial charge in [0.05, 0.1) is 6.20 Å². The van der Waals surface area contributed by atoms with Crippen molar-refractivity contribution in [2.75, 3.05) is 5.32 Å². The van der Waals surface area contributed by atoms with Gasteiger partial charge in [-0.2, -0.15) is 5.10 Å². The maximum atomic E-state index is 13.1. The van der Waals surface area contributed by atoms with E-state index in [1.54, 1.807) is 12.1 Å². The molecule has 1 aromatic carbocycles. The number of nitrogens with one attached hydrogen (secondary N) is 1. The first-order chi connectivity index (χ1) is 11.9. The summed E-state index contributed by atoms with van der Waals surface area (Å²) in [6, 6.07) is 10.4. The van der Waals surface area contributed by atoms with E-state index in [0.29, 0.717) is 17.0 Å². The highest BCUT2D eigenvalue weighted by atomic mass is 35.5. The molecule has 3 aromatic rings. The van der Waals surface area contributed by atoms with E-state index in [1.807, 2.05) is 36.1 Å². The Morgan fingerprint density at radius 3 is 2.44 bits per heavy atom. The number of pyridine rings is 1. The van der Waals surface area contributed by atoms with Crippen molar-refractivity contribution in [3.8, 4) is 11.1 Å². The number of rotatable bonds is 5. The summed E-state index contributed by atoms with van der Waals surface area (Å²) >= 11 is 6.19. The molecule has 2 aromatic heterocycles. The number of anilines is 1. The average molecular weight is 359 g/mol. The zero-order valence-corrected chi connectivity index (χ0v) is 15.1. The number of aromatic nitrogens is 3. The molecule has 4 nitrogen and oxygen atoms in total. The summed E-state index contributed by atoms with van der Waals surface area (Å²) in [7, 11) is 0. The predicted octanol–water partition coefficient (Wildman–Crippen LogP) is 5.49. The first kappa shape index (κ1) is 17.4. The molecule has 0 bridgehead atoms. The van der Waals surface area contributed by atoms with Crippen molar-refractivity contribution in [1.82, 2.24) is 14.8 Å². The fourth-order valence-corrected chi connectivity index (χ4v) is 2.77. The zero-order valence-electron chi connectivity index (χ0n) is 14.4. The van der Waals surface area contributed by atoms with E-state index >= 15 is 0 Å². The van der Waals surface area contributed by atoms with E-state index in [-0.39, 0.29) is 11.9 Å². The van der Waals surface area contributed by atoms with E-state index in [2.05, 4.69) is 29.2 Å². The maximum absolute atomic E-state index is 13.1. The van der Waals surface area contributed by atoms with Crippen LogP contribution in [-0.2, 0) is 0 Å². The summed E-state index contributed by atoms with van der Waals surface area (Å²) < 4.78 is 15.0. The summed E-state index contributed by atoms with van der Waals surface area (Å²) in [4.78, 5) is 4.34. The summed E-state index contributed by atoms with van der Waals surface area (Å²) in [6.07, 6.45) is 3.81. The minimum atomic E-state index is -0.249. The second-order valence-electron chi connectivity index (χ2n) is 6.28. The molecule has 0 saturated carbocycles. The SMILES string of the molecule is CC(C)n1cc(-c2cc(Cl)nc(N[C@@H](C)c3ccc(F)cc3)c2)cn1. The van der Waals surface area contributed by atoms with Crippen LogP contribution in [0.1, 0.15) is 38.4 Å². The minimum absolute atomic E-state index is 0.0298. The zero-order chi connectivity index (χ0) is 18.0. The number of benzene rings is 1. The van der Waals surface area contributed by atoms with Crippen LogP contribution in [0.25, 0.3) is 11.1 Å². The van der Waals surface area contributed by atoms with Crippen LogP contribution in [0.2, 0.25) is 5.15 Å². The van der Waals surface area contributed by atoms with E-state index in [1.165, 1.54) is 12.1 Å². The van der Waals surface area contributed by atoms with Crippen LogP contribution < -0.4 is 5.32 Å². The second-order valence-corrected chi connectivity index (χ2v) is 6.67. The molecule has 0 radical (unpaired) electrons. The Kier molecular flexibility index (Phi) is 5.04. The highest BCUT2D eigenvalue weighted by molar-refractivity contribution is 6.29. The lowest BCUT2D eigenvalue weighted by molar-refractivity contribution is 0.532. The van der Waals surface area contributed by atoms with Gasteiger partial charge in [0.2, 0.25) is 0 Å². The Labute approximate surface area is 151 Å². The van der Waals surface area contributed by atoms with E-state index in [9.17, 15) is 4.39 Å². The van der Waals surface area contributed by atoms with Crippen molar-refractivity contribution in [2.24, 2.45) is 0 Å². The van der Waals surface area contributed by atoms with Gasteiger partial charge in [0.15, 0.2) is 0 Å². The summed E-state index contributed by atoms with van der Waals surface area (Å²) in [6.45, 7) is 6.15. The van der Waals surface area contributed by atoms with E-state index in [4.69, 9.17) is 11.6 Å². The van der Waals surface area contributed by atoms with Gasteiger partial charge in [-0.15, -0.1) is 0 Å². The molecule has 0 aliphatic heterocycles. The van der Waals surface area contributed by atoms with Gasteiger partial charge in [-0.05, 0) is 56.2 Å². The lowest BCUT2D eigenvalue weighted by Crippen LogP contribution is -2.08. The van der Waals surface area contributed by atoms with Gasteiger partial charge < -0.3 is 5.32 Å². The molecule has 3 rings (SSSR count). The van der Waals surface area contributed by atoms with Gasteiger partial charge in [-0.3, -0.25) is 4.68 Å². The molecule has 25 heavy (non-hydrogen) atoms. The van der Waals surface area contributed by atoms with Crippen LogP contribution in [0.15, 0.2) is 48.8 Å². The van der Waals surface area contributed by atoms with E-state index in [0.717, 1.165) is 16.7 Å². The largest absolute Gasteiger partial charge is 0.363 e. The van der Waals surface area contributed by atoms with Crippen LogP contribution in [-0.4, -0.2) is 14.8 Å². The van der Waals surface area contributed by atoms with Crippen molar-refractivity contribution in [2.45, 2.75) is 32.9 Å². The quantitative estimate of drug-likeness (QED) is 0.613. The first-order valence-electron chi connectivity index (χ1n) is 8.16. The van der Waals surface area contributed by atoms with Crippen LogP contribution in [0, 0.1) is 5.82 Å². The Morgan fingerprint density at radius 2 is 1.80 bits per heavy atom. The highest BCUT2D eigenvalue weighted by Crippen LogP contribution is 2.27. The molecule has 1 atom stereocenters. The molecule has 0 unspecified atom stereocenters.